The molecule has 2 aromatic heterocycles. The molecule has 170 valence electrons. The third-order valence-corrected chi connectivity index (χ3v) is 7.30. The van der Waals surface area contributed by atoms with E-state index in [2.05, 4.69) is 34.5 Å². The molecule has 0 saturated carbocycles. The van der Waals surface area contributed by atoms with E-state index in [-0.39, 0.29) is 22.4 Å². The summed E-state index contributed by atoms with van der Waals surface area (Å²) < 4.78 is 34.7. The van der Waals surface area contributed by atoms with Gasteiger partial charge in [-0.25, -0.2) is 8.42 Å². The van der Waals surface area contributed by atoms with Crippen LogP contribution in [0, 0.1) is 18.8 Å². The quantitative estimate of drug-likeness (QED) is 0.623. The van der Waals surface area contributed by atoms with E-state index in [1.807, 2.05) is 6.92 Å². The van der Waals surface area contributed by atoms with Crippen molar-refractivity contribution in [2.24, 2.45) is 18.9 Å². The van der Waals surface area contributed by atoms with Gasteiger partial charge < -0.3 is 4.42 Å². The summed E-state index contributed by atoms with van der Waals surface area (Å²) in [6, 6.07) is 7.58. The fraction of sp³-hybridized carbons (Fsp3) is 0.429. The molecule has 2 atom stereocenters. The van der Waals surface area contributed by atoms with Crippen LogP contribution in [0.3, 0.4) is 0 Å². The minimum atomic E-state index is -3.61. The summed E-state index contributed by atoms with van der Waals surface area (Å²) in [7, 11) is -1.85. The molecule has 4 rings (SSSR count). The Labute approximate surface area is 186 Å². The van der Waals surface area contributed by atoms with Gasteiger partial charge in [0.1, 0.15) is 5.69 Å². The molecule has 1 N–H and O–H groups in total. The van der Waals surface area contributed by atoms with Gasteiger partial charge in [-0.3, -0.25) is 14.8 Å². The first-order valence-corrected chi connectivity index (χ1v) is 11.8. The van der Waals surface area contributed by atoms with Gasteiger partial charge >= 0.3 is 6.01 Å². The fourth-order valence-electron chi connectivity index (χ4n) is 4.09. The van der Waals surface area contributed by atoms with Crippen LogP contribution in [0.2, 0.25) is 0 Å². The van der Waals surface area contributed by atoms with Crippen molar-refractivity contribution in [3.63, 3.8) is 0 Å². The fourth-order valence-corrected chi connectivity index (χ4v) is 5.77. The molecule has 1 aliphatic rings. The lowest BCUT2D eigenvalue weighted by atomic mass is 9.94. The van der Waals surface area contributed by atoms with Gasteiger partial charge in [-0.2, -0.15) is 9.40 Å². The van der Waals surface area contributed by atoms with Crippen LogP contribution in [0.25, 0.3) is 11.6 Å². The summed E-state index contributed by atoms with van der Waals surface area (Å²) >= 11 is 0. The minimum absolute atomic E-state index is 0.0585. The van der Waals surface area contributed by atoms with Crippen molar-refractivity contribution in [3.8, 4) is 11.6 Å². The van der Waals surface area contributed by atoms with E-state index in [0.29, 0.717) is 30.6 Å². The highest BCUT2D eigenvalue weighted by Gasteiger charge is 2.31. The Morgan fingerprint density at radius 1 is 1.12 bits per heavy atom. The summed E-state index contributed by atoms with van der Waals surface area (Å²) in [6.07, 6.45) is 1.02. The van der Waals surface area contributed by atoms with E-state index in [9.17, 15) is 13.2 Å². The molecule has 1 aliphatic heterocycles. The molecule has 10 nitrogen and oxygen atoms in total. The number of nitrogens with one attached hydrogen (secondary N) is 1. The van der Waals surface area contributed by atoms with Gasteiger partial charge in [-0.05, 0) is 55.5 Å². The zero-order valence-electron chi connectivity index (χ0n) is 18.4. The van der Waals surface area contributed by atoms with Crippen molar-refractivity contribution >= 4 is 21.9 Å². The van der Waals surface area contributed by atoms with Crippen LogP contribution in [0.5, 0.6) is 0 Å². The standard InChI is InChI=1S/C21H26N6O4S/c1-13-9-14(2)12-27(11-13)32(29,30)17-7-5-16(6-8-17)19(28)22-21-24-23-20(31-21)18-10-15(3)25-26(18)4/h5-8,10,13-14H,9,11-12H2,1-4H3,(H,22,24,28). The van der Waals surface area contributed by atoms with E-state index in [1.165, 1.54) is 28.6 Å². The smallest absolute Gasteiger partial charge is 0.322 e. The normalized spacial score (nSPS) is 19.8. The number of carbonyl (C=O) groups is 1. The topological polar surface area (TPSA) is 123 Å². The Hall–Kier alpha value is -3.05. The Morgan fingerprint density at radius 2 is 1.78 bits per heavy atom. The lowest BCUT2D eigenvalue weighted by Crippen LogP contribution is -2.42. The second-order valence-electron chi connectivity index (χ2n) is 8.45. The summed E-state index contributed by atoms with van der Waals surface area (Å²) in [5, 5.41) is 14.6. The van der Waals surface area contributed by atoms with Crippen LogP contribution in [-0.4, -0.2) is 51.7 Å². The van der Waals surface area contributed by atoms with E-state index in [4.69, 9.17) is 4.42 Å². The lowest BCUT2D eigenvalue weighted by molar-refractivity contribution is 0.102. The van der Waals surface area contributed by atoms with Crippen molar-refractivity contribution in [2.45, 2.75) is 32.1 Å². The molecule has 1 fully saturated rings. The van der Waals surface area contributed by atoms with E-state index >= 15 is 0 Å². The van der Waals surface area contributed by atoms with Crippen molar-refractivity contribution in [2.75, 3.05) is 18.4 Å². The maximum absolute atomic E-state index is 13.0. The first kappa shape index (κ1) is 22.2. The zero-order valence-corrected chi connectivity index (χ0v) is 19.3. The van der Waals surface area contributed by atoms with Crippen LogP contribution < -0.4 is 5.32 Å². The number of hydrogen-bond donors (Lipinski definition) is 1. The molecule has 1 aromatic carbocycles. The van der Waals surface area contributed by atoms with Crippen molar-refractivity contribution in [3.05, 3.63) is 41.6 Å². The van der Waals surface area contributed by atoms with E-state index < -0.39 is 15.9 Å². The number of amides is 1. The number of anilines is 1. The molecule has 0 aliphatic carbocycles. The number of benzene rings is 1. The lowest BCUT2D eigenvalue weighted by Gasteiger charge is -2.34. The summed E-state index contributed by atoms with van der Waals surface area (Å²) in [5.41, 5.74) is 1.71. The van der Waals surface area contributed by atoms with Gasteiger partial charge in [0.25, 0.3) is 11.8 Å². The largest absolute Gasteiger partial charge is 0.401 e. The van der Waals surface area contributed by atoms with Crippen molar-refractivity contribution in [1.82, 2.24) is 24.3 Å². The SMILES string of the molecule is Cc1cc(-c2nnc(NC(=O)c3ccc(S(=O)(=O)N4CC(C)CC(C)C4)cc3)o2)n(C)n1. The molecular weight excluding hydrogens is 432 g/mol. The summed E-state index contributed by atoms with van der Waals surface area (Å²) in [6.45, 7) is 6.97. The zero-order chi connectivity index (χ0) is 23.0. The average molecular weight is 459 g/mol. The number of aromatic nitrogens is 4. The van der Waals surface area contributed by atoms with Crippen LogP contribution in [0.4, 0.5) is 6.01 Å². The molecule has 32 heavy (non-hydrogen) atoms. The monoisotopic (exact) mass is 458 g/mol. The summed E-state index contributed by atoms with van der Waals surface area (Å²) in [5.74, 6) is 0.377. The number of carbonyl (C=O) groups excluding carboxylic acids is 1. The number of aryl methyl sites for hydroxylation is 2. The number of rotatable bonds is 5. The van der Waals surface area contributed by atoms with Gasteiger partial charge in [0.05, 0.1) is 10.6 Å². The Morgan fingerprint density at radius 3 is 2.38 bits per heavy atom. The molecule has 3 aromatic rings. The predicted molar refractivity (Wildman–Crippen MR) is 117 cm³/mol. The average Bonchev–Trinajstić information content (AvgIpc) is 3.32. The predicted octanol–water partition coefficient (Wildman–Crippen LogP) is 2.70. The molecule has 0 spiro atoms. The number of sulfonamides is 1. The molecule has 2 unspecified atom stereocenters. The number of nitrogens with zero attached hydrogens (tertiary/aromatic N) is 5. The second kappa shape index (κ2) is 8.47. The molecule has 1 amide bonds. The second-order valence-corrected chi connectivity index (χ2v) is 10.4. The van der Waals surface area contributed by atoms with Gasteiger partial charge in [-0.1, -0.05) is 18.9 Å². The van der Waals surface area contributed by atoms with Crippen LogP contribution >= 0.6 is 0 Å². The molecule has 0 bridgehead atoms. The number of piperidine rings is 1. The third kappa shape index (κ3) is 4.44. The molecule has 11 heteroatoms. The summed E-state index contributed by atoms with van der Waals surface area (Å²) in [4.78, 5) is 12.7. The molecule has 0 radical (unpaired) electrons. The van der Waals surface area contributed by atoms with Crippen LogP contribution in [0.1, 0.15) is 36.3 Å². The Balaban J connectivity index is 1.46. The van der Waals surface area contributed by atoms with Crippen molar-refractivity contribution in [1.29, 1.82) is 0 Å². The highest BCUT2D eigenvalue weighted by atomic mass is 32.2. The maximum Gasteiger partial charge on any atom is 0.322 e. The van der Waals surface area contributed by atoms with Gasteiger partial charge in [0.15, 0.2) is 0 Å². The first-order valence-electron chi connectivity index (χ1n) is 10.4. The van der Waals surface area contributed by atoms with Gasteiger partial charge in [0.2, 0.25) is 10.0 Å². The van der Waals surface area contributed by atoms with Crippen molar-refractivity contribution < 1.29 is 17.6 Å². The Bertz CT molecular complexity index is 1220. The molecular formula is C21H26N6O4S. The Kier molecular flexibility index (Phi) is 5.87. The van der Waals surface area contributed by atoms with Crippen LogP contribution in [-0.2, 0) is 17.1 Å². The van der Waals surface area contributed by atoms with Crippen LogP contribution in [0.15, 0.2) is 39.6 Å². The maximum atomic E-state index is 13.0. The minimum Gasteiger partial charge on any atom is -0.401 e. The molecule has 3 heterocycles. The highest BCUT2D eigenvalue weighted by molar-refractivity contribution is 7.89. The highest BCUT2D eigenvalue weighted by Crippen LogP contribution is 2.27. The number of hydrogen-bond acceptors (Lipinski definition) is 7. The third-order valence-electron chi connectivity index (χ3n) is 5.46. The first-order chi connectivity index (χ1) is 15.1. The van der Waals surface area contributed by atoms with E-state index in [0.717, 1.165) is 12.1 Å². The van der Waals surface area contributed by atoms with Gasteiger partial charge in [0, 0.05) is 25.7 Å². The van der Waals surface area contributed by atoms with E-state index in [1.54, 1.807) is 17.8 Å². The molecule has 1 saturated heterocycles. The van der Waals surface area contributed by atoms with Gasteiger partial charge in [-0.15, -0.1) is 5.10 Å².